The summed E-state index contributed by atoms with van der Waals surface area (Å²) in [7, 11) is 1.71. The molecule has 10 heteroatoms. The molecule has 1 heterocycles. The van der Waals surface area contributed by atoms with Gasteiger partial charge in [-0.05, 0) is 44.2 Å². The van der Waals surface area contributed by atoms with Crippen LogP contribution in [-0.2, 0) is 13.1 Å². The van der Waals surface area contributed by atoms with Gasteiger partial charge in [-0.2, -0.15) is 5.10 Å². The molecule has 1 fully saturated rings. The smallest absolute Gasteiger partial charge is 0.306 e. The second-order valence-electron chi connectivity index (χ2n) is 7.21. The summed E-state index contributed by atoms with van der Waals surface area (Å²) in [6.45, 7) is 3.70. The van der Waals surface area contributed by atoms with Crippen molar-refractivity contribution < 1.29 is 9.66 Å². The third-order valence-electron chi connectivity index (χ3n) is 4.95. The van der Waals surface area contributed by atoms with E-state index in [9.17, 15) is 10.1 Å². The van der Waals surface area contributed by atoms with E-state index in [0.29, 0.717) is 31.7 Å². The average molecular weight is 528 g/mol. The molecule has 0 spiro atoms. The third kappa shape index (κ3) is 6.85. The zero-order valence-electron chi connectivity index (χ0n) is 17.3. The summed E-state index contributed by atoms with van der Waals surface area (Å²) in [5, 5.41) is 21.2. The Morgan fingerprint density at radius 2 is 2.13 bits per heavy atom. The molecule has 0 aliphatic heterocycles. The van der Waals surface area contributed by atoms with Gasteiger partial charge in [0, 0.05) is 25.7 Å². The highest BCUT2D eigenvalue weighted by Crippen LogP contribution is 2.27. The molecule has 2 N–H and O–H groups in total. The van der Waals surface area contributed by atoms with Crippen LogP contribution in [0.1, 0.15) is 36.8 Å². The van der Waals surface area contributed by atoms with Crippen molar-refractivity contribution in [3.8, 4) is 5.75 Å². The highest BCUT2D eigenvalue weighted by Gasteiger charge is 2.18. The number of nitrogens with one attached hydrogen (secondary N) is 2. The lowest BCUT2D eigenvalue weighted by Crippen LogP contribution is -2.38. The lowest BCUT2D eigenvalue weighted by molar-refractivity contribution is -0.385. The molecule has 9 nitrogen and oxygen atoms in total. The maximum absolute atomic E-state index is 10.7. The Morgan fingerprint density at radius 3 is 2.80 bits per heavy atom. The largest absolute Gasteiger partial charge is 0.490 e. The first-order valence-electron chi connectivity index (χ1n) is 9.92. The number of benzene rings is 1. The molecular formula is C20H29IN6O3. The molecule has 0 atom stereocenters. The maximum Gasteiger partial charge on any atom is 0.306 e. The van der Waals surface area contributed by atoms with Crippen LogP contribution < -0.4 is 15.4 Å². The topological polar surface area (TPSA) is 107 Å². The van der Waals surface area contributed by atoms with Crippen LogP contribution in [0.4, 0.5) is 5.69 Å². The third-order valence-corrected chi connectivity index (χ3v) is 4.95. The highest BCUT2D eigenvalue weighted by atomic mass is 127. The number of aryl methyl sites for hydroxylation is 1. The van der Waals surface area contributed by atoms with Gasteiger partial charge in [0.15, 0.2) is 5.96 Å². The monoisotopic (exact) mass is 528 g/mol. The van der Waals surface area contributed by atoms with Crippen LogP contribution >= 0.6 is 24.0 Å². The molecule has 0 amide bonds. The Bertz CT molecular complexity index is 864. The van der Waals surface area contributed by atoms with Crippen LogP contribution in [0.2, 0.25) is 0 Å². The van der Waals surface area contributed by atoms with E-state index in [1.165, 1.54) is 35.5 Å². The fourth-order valence-electron chi connectivity index (χ4n) is 3.36. The van der Waals surface area contributed by atoms with Crippen LogP contribution in [0.5, 0.6) is 5.75 Å². The van der Waals surface area contributed by atoms with Crippen LogP contribution in [0.3, 0.4) is 0 Å². The van der Waals surface area contributed by atoms with E-state index in [0.717, 1.165) is 24.2 Å². The second kappa shape index (κ2) is 11.7. The molecule has 30 heavy (non-hydrogen) atoms. The first-order chi connectivity index (χ1) is 14.0. The number of aliphatic imine (C=N–C) groups is 1. The molecule has 164 valence electrons. The van der Waals surface area contributed by atoms with Gasteiger partial charge < -0.3 is 15.4 Å². The zero-order chi connectivity index (χ0) is 20.6. The molecule has 3 rings (SSSR count). The molecule has 1 aromatic carbocycles. The van der Waals surface area contributed by atoms with E-state index in [2.05, 4.69) is 45.8 Å². The minimum absolute atomic E-state index is 0. The minimum atomic E-state index is -0.454. The van der Waals surface area contributed by atoms with Gasteiger partial charge in [-0.1, -0.05) is 12.1 Å². The normalized spacial score (nSPS) is 14.3. The van der Waals surface area contributed by atoms with Crippen LogP contribution in [0.25, 0.3) is 0 Å². The number of rotatable bonds is 8. The van der Waals surface area contributed by atoms with Crippen LogP contribution in [0.15, 0.2) is 35.6 Å². The number of nitrogens with zero attached hydrogens (tertiary/aromatic N) is 4. The van der Waals surface area contributed by atoms with Gasteiger partial charge in [-0.15, -0.1) is 24.0 Å². The highest BCUT2D eigenvalue weighted by molar-refractivity contribution is 14.0. The van der Waals surface area contributed by atoms with E-state index < -0.39 is 4.92 Å². The fourth-order valence-corrected chi connectivity index (χ4v) is 3.36. The van der Waals surface area contributed by atoms with E-state index in [4.69, 9.17) is 4.74 Å². The van der Waals surface area contributed by atoms with Crippen molar-refractivity contribution in [3.63, 3.8) is 0 Å². The van der Waals surface area contributed by atoms with Crippen molar-refractivity contribution in [1.29, 1.82) is 0 Å². The summed E-state index contributed by atoms with van der Waals surface area (Å²) in [4.78, 5) is 14.5. The molecule has 0 radical (unpaired) electrons. The molecule has 0 saturated heterocycles. The molecule has 1 aliphatic carbocycles. The SMILES string of the molecule is CN=C(NCCn1cc([N+](=O)[O-])cn1)NCc1ccc(C)cc1OC1CCCC1.I. The second-order valence-corrected chi connectivity index (χ2v) is 7.21. The van der Waals surface area contributed by atoms with Crippen molar-refractivity contribution in [2.24, 2.45) is 4.99 Å². The Hall–Kier alpha value is -2.37. The van der Waals surface area contributed by atoms with Crippen molar-refractivity contribution >= 4 is 35.6 Å². The number of ether oxygens (including phenoxy) is 1. The standard InChI is InChI=1S/C20H28N6O3.HI/c1-15-7-8-16(19(11-15)29-18-5-3-4-6-18)12-23-20(21-2)22-9-10-25-14-17(13-24-25)26(27)28;/h7-8,11,13-14,18H,3-6,9-10,12H2,1-2H3,(H2,21,22,23);1H. The average Bonchev–Trinajstić information content (AvgIpc) is 3.38. The Morgan fingerprint density at radius 1 is 1.37 bits per heavy atom. The number of halogens is 1. The molecule has 1 saturated carbocycles. The predicted octanol–water partition coefficient (Wildman–Crippen LogP) is 3.40. The maximum atomic E-state index is 10.7. The molecular weight excluding hydrogens is 499 g/mol. The molecule has 2 aromatic rings. The lowest BCUT2D eigenvalue weighted by Gasteiger charge is -2.18. The molecule has 1 aliphatic rings. The Kier molecular flexibility index (Phi) is 9.34. The quantitative estimate of drug-likeness (QED) is 0.179. The fraction of sp³-hybridized carbons (Fsp3) is 0.500. The van der Waals surface area contributed by atoms with Gasteiger partial charge in [0.05, 0.1) is 17.6 Å². The van der Waals surface area contributed by atoms with E-state index in [1.54, 1.807) is 7.05 Å². The first kappa shape index (κ1) is 23.9. The van der Waals surface area contributed by atoms with Crippen LogP contribution in [0, 0.1) is 17.0 Å². The zero-order valence-corrected chi connectivity index (χ0v) is 19.7. The van der Waals surface area contributed by atoms with Gasteiger partial charge in [0.1, 0.15) is 18.1 Å². The lowest BCUT2D eigenvalue weighted by atomic mass is 10.1. The summed E-state index contributed by atoms with van der Waals surface area (Å²) >= 11 is 0. The predicted molar refractivity (Wildman–Crippen MR) is 127 cm³/mol. The van der Waals surface area contributed by atoms with Gasteiger partial charge in [-0.25, -0.2) is 0 Å². The van der Waals surface area contributed by atoms with Crippen molar-refractivity contribution in [2.45, 2.75) is 51.8 Å². The van der Waals surface area contributed by atoms with Gasteiger partial charge in [0.2, 0.25) is 0 Å². The number of guanidine groups is 1. The Labute approximate surface area is 193 Å². The molecule has 0 unspecified atom stereocenters. The number of hydrogen-bond donors (Lipinski definition) is 2. The van der Waals surface area contributed by atoms with Crippen molar-refractivity contribution in [3.05, 3.63) is 51.8 Å². The van der Waals surface area contributed by atoms with E-state index in [-0.39, 0.29) is 29.7 Å². The van der Waals surface area contributed by atoms with Gasteiger partial charge in [-0.3, -0.25) is 19.8 Å². The first-order valence-corrected chi connectivity index (χ1v) is 9.92. The number of aromatic nitrogens is 2. The minimum Gasteiger partial charge on any atom is -0.490 e. The van der Waals surface area contributed by atoms with Crippen molar-refractivity contribution in [2.75, 3.05) is 13.6 Å². The van der Waals surface area contributed by atoms with Crippen molar-refractivity contribution in [1.82, 2.24) is 20.4 Å². The van der Waals surface area contributed by atoms with Gasteiger partial charge in [0.25, 0.3) is 0 Å². The van der Waals surface area contributed by atoms with E-state index in [1.807, 2.05) is 0 Å². The molecule has 0 bridgehead atoms. The summed E-state index contributed by atoms with van der Waals surface area (Å²) in [5.74, 6) is 1.59. The number of nitro groups is 1. The summed E-state index contributed by atoms with van der Waals surface area (Å²) in [6.07, 6.45) is 7.68. The molecule has 1 aromatic heterocycles. The summed E-state index contributed by atoms with van der Waals surface area (Å²) in [6, 6.07) is 6.26. The Balaban J connectivity index is 0.00000320. The van der Waals surface area contributed by atoms with Gasteiger partial charge >= 0.3 is 5.69 Å². The van der Waals surface area contributed by atoms with Crippen LogP contribution in [-0.4, -0.2) is 40.4 Å². The summed E-state index contributed by atoms with van der Waals surface area (Å²) < 4.78 is 7.78. The van der Waals surface area contributed by atoms with E-state index >= 15 is 0 Å². The number of hydrogen-bond acceptors (Lipinski definition) is 5. The summed E-state index contributed by atoms with van der Waals surface area (Å²) in [5.41, 5.74) is 2.26.